The number of piperidine rings is 1. The molecule has 1 aliphatic rings. The molecule has 1 amide bonds. The number of hydrogen-bond donors (Lipinski definition) is 1. The van der Waals surface area contributed by atoms with Gasteiger partial charge >= 0.3 is 0 Å². The number of aromatic nitrogens is 2. The molecule has 0 radical (unpaired) electrons. The molecule has 3 aromatic rings. The van der Waals surface area contributed by atoms with Crippen molar-refractivity contribution in [3.63, 3.8) is 0 Å². The third kappa shape index (κ3) is 4.83. The van der Waals surface area contributed by atoms with Crippen LogP contribution in [0.3, 0.4) is 0 Å². The number of aryl methyl sites for hydroxylation is 1. The summed E-state index contributed by atoms with van der Waals surface area (Å²) in [5, 5.41) is 7.87. The average Bonchev–Trinajstić information content (AvgIpc) is 3.25. The number of amides is 1. The molecule has 7 nitrogen and oxygen atoms in total. The molecule has 1 saturated heterocycles. The first-order valence-corrected chi connectivity index (χ1v) is 12.9. The van der Waals surface area contributed by atoms with Gasteiger partial charge in [0.05, 0.1) is 28.0 Å². The Morgan fingerprint density at radius 2 is 1.88 bits per heavy atom. The van der Waals surface area contributed by atoms with E-state index in [1.807, 2.05) is 26.0 Å². The molecular weight excluding hydrogens is 460 g/mol. The summed E-state index contributed by atoms with van der Waals surface area (Å²) in [7, 11) is -3.60. The van der Waals surface area contributed by atoms with E-state index in [0.717, 1.165) is 36.2 Å². The standard InChI is InChI=1S/C24H27ClN4O3S/c1-3-23-21(16-26-29(23)19-9-7-8-18(25)14-19)24(30)27-22-15-20(11-10-17(22)2)33(31,32)28-12-5-4-6-13-28/h7-11,14-16H,3-6,12-13H2,1-2H3,(H,27,30). The molecule has 0 atom stereocenters. The maximum Gasteiger partial charge on any atom is 0.259 e. The SMILES string of the molecule is CCc1c(C(=O)Nc2cc(S(=O)(=O)N3CCCCC3)ccc2C)cnn1-c1cccc(Cl)c1. The van der Waals surface area contributed by atoms with E-state index >= 15 is 0 Å². The molecule has 1 N–H and O–H groups in total. The largest absolute Gasteiger partial charge is 0.322 e. The Labute approximate surface area is 199 Å². The van der Waals surface area contributed by atoms with Gasteiger partial charge in [0.25, 0.3) is 5.91 Å². The van der Waals surface area contributed by atoms with Crippen LogP contribution in [0.5, 0.6) is 0 Å². The zero-order valence-corrected chi connectivity index (χ0v) is 20.3. The first-order chi connectivity index (χ1) is 15.8. The molecule has 0 unspecified atom stereocenters. The molecule has 1 fully saturated rings. The Morgan fingerprint density at radius 1 is 1.12 bits per heavy atom. The van der Waals surface area contributed by atoms with Gasteiger partial charge in [-0.05, 0) is 62.1 Å². The van der Waals surface area contributed by atoms with Crippen molar-refractivity contribution in [3.8, 4) is 5.69 Å². The second-order valence-corrected chi connectivity index (χ2v) is 10.5. The molecule has 0 aliphatic carbocycles. The number of hydrogen-bond acceptors (Lipinski definition) is 4. The Kier molecular flexibility index (Phi) is 6.88. The van der Waals surface area contributed by atoms with Crippen molar-refractivity contribution < 1.29 is 13.2 Å². The van der Waals surface area contributed by atoms with Gasteiger partial charge < -0.3 is 5.32 Å². The lowest BCUT2D eigenvalue weighted by molar-refractivity contribution is 0.102. The average molecular weight is 487 g/mol. The monoisotopic (exact) mass is 486 g/mol. The summed E-state index contributed by atoms with van der Waals surface area (Å²) < 4.78 is 29.4. The number of sulfonamides is 1. The van der Waals surface area contributed by atoms with Gasteiger partial charge in [0, 0.05) is 23.8 Å². The van der Waals surface area contributed by atoms with Crippen LogP contribution in [0.2, 0.25) is 5.02 Å². The molecule has 0 bridgehead atoms. The van der Waals surface area contributed by atoms with Crippen molar-refractivity contribution in [2.24, 2.45) is 0 Å². The van der Waals surface area contributed by atoms with E-state index in [4.69, 9.17) is 11.6 Å². The van der Waals surface area contributed by atoms with E-state index in [2.05, 4.69) is 10.4 Å². The molecule has 0 spiro atoms. The fourth-order valence-corrected chi connectivity index (χ4v) is 5.80. The number of nitrogens with one attached hydrogen (secondary N) is 1. The zero-order chi connectivity index (χ0) is 23.6. The van der Waals surface area contributed by atoms with Crippen molar-refractivity contribution in [1.29, 1.82) is 0 Å². The lowest BCUT2D eigenvalue weighted by atomic mass is 10.1. The van der Waals surface area contributed by atoms with E-state index in [9.17, 15) is 13.2 Å². The second kappa shape index (κ2) is 9.67. The summed E-state index contributed by atoms with van der Waals surface area (Å²) in [6.07, 6.45) is 4.89. The molecule has 2 heterocycles. The van der Waals surface area contributed by atoms with E-state index in [1.165, 1.54) is 10.5 Å². The summed E-state index contributed by atoms with van der Waals surface area (Å²) in [5.74, 6) is -0.337. The van der Waals surface area contributed by atoms with Crippen molar-refractivity contribution in [2.45, 2.75) is 44.4 Å². The Morgan fingerprint density at radius 3 is 2.58 bits per heavy atom. The van der Waals surface area contributed by atoms with Gasteiger partial charge in [-0.25, -0.2) is 13.1 Å². The van der Waals surface area contributed by atoms with Crippen molar-refractivity contribution in [3.05, 3.63) is 70.5 Å². The first kappa shape index (κ1) is 23.5. The summed E-state index contributed by atoms with van der Waals surface area (Å²) in [5.41, 5.74) is 3.19. The lowest BCUT2D eigenvalue weighted by Crippen LogP contribution is -2.35. The highest BCUT2D eigenvalue weighted by molar-refractivity contribution is 7.89. The van der Waals surface area contributed by atoms with E-state index < -0.39 is 10.0 Å². The summed E-state index contributed by atoms with van der Waals surface area (Å²) >= 11 is 6.12. The highest BCUT2D eigenvalue weighted by atomic mass is 35.5. The predicted octanol–water partition coefficient (Wildman–Crippen LogP) is 4.82. The highest BCUT2D eigenvalue weighted by Crippen LogP contribution is 2.26. The van der Waals surface area contributed by atoms with Gasteiger partial charge in [0.15, 0.2) is 0 Å². The Bertz CT molecular complexity index is 1280. The summed E-state index contributed by atoms with van der Waals surface area (Å²) in [6.45, 7) is 4.84. The number of nitrogens with zero attached hydrogens (tertiary/aromatic N) is 3. The molecule has 0 saturated carbocycles. The minimum Gasteiger partial charge on any atom is -0.322 e. The minimum atomic E-state index is -3.60. The molecule has 1 aromatic heterocycles. The topological polar surface area (TPSA) is 84.3 Å². The molecule has 1 aliphatic heterocycles. The molecule has 4 rings (SSSR count). The number of carbonyl (C=O) groups is 1. The first-order valence-electron chi connectivity index (χ1n) is 11.1. The Balaban J connectivity index is 1.62. The third-order valence-electron chi connectivity index (χ3n) is 5.91. The maximum absolute atomic E-state index is 13.2. The highest BCUT2D eigenvalue weighted by Gasteiger charge is 2.27. The van der Waals surface area contributed by atoms with Crippen LogP contribution in [-0.2, 0) is 16.4 Å². The van der Waals surface area contributed by atoms with Gasteiger partial charge in [-0.3, -0.25) is 4.79 Å². The summed E-state index contributed by atoms with van der Waals surface area (Å²) in [4.78, 5) is 13.4. The number of benzene rings is 2. The van der Waals surface area contributed by atoms with Gasteiger partial charge in [-0.1, -0.05) is 37.1 Å². The summed E-state index contributed by atoms with van der Waals surface area (Å²) in [6, 6.07) is 12.1. The van der Waals surface area contributed by atoms with Crippen LogP contribution in [0.1, 0.15) is 47.8 Å². The quantitative estimate of drug-likeness (QED) is 0.541. The van der Waals surface area contributed by atoms with Crippen molar-refractivity contribution in [1.82, 2.24) is 14.1 Å². The van der Waals surface area contributed by atoms with E-state index in [0.29, 0.717) is 35.8 Å². The van der Waals surface area contributed by atoms with Crippen LogP contribution < -0.4 is 5.32 Å². The third-order valence-corrected chi connectivity index (χ3v) is 8.04. The van der Waals surface area contributed by atoms with Crippen LogP contribution in [0, 0.1) is 6.92 Å². The predicted molar refractivity (Wildman–Crippen MR) is 130 cm³/mol. The van der Waals surface area contributed by atoms with Crippen molar-refractivity contribution >= 4 is 33.2 Å². The van der Waals surface area contributed by atoms with Crippen LogP contribution in [-0.4, -0.2) is 41.5 Å². The fraction of sp³-hybridized carbons (Fsp3) is 0.333. The molecule has 2 aromatic carbocycles. The van der Waals surface area contributed by atoms with Crippen molar-refractivity contribution in [2.75, 3.05) is 18.4 Å². The van der Waals surface area contributed by atoms with Gasteiger partial charge in [0.2, 0.25) is 10.0 Å². The van der Waals surface area contributed by atoms with Gasteiger partial charge in [0.1, 0.15) is 0 Å². The number of anilines is 1. The number of rotatable bonds is 6. The van der Waals surface area contributed by atoms with E-state index in [1.54, 1.807) is 35.0 Å². The maximum atomic E-state index is 13.2. The Hall–Kier alpha value is -2.68. The molecule has 9 heteroatoms. The fourth-order valence-electron chi connectivity index (χ4n) is 4.07. The minimum absolute atomic E-state index is 0.190. The second-order valence-electron chi connectivity index (χ2n) is 8.15. The van der Waals surface area contributed by atoms with Crippen LogP contribution >= 0.6 is 11.6 Å². The van der Waals surface area contributed by atoms with Gasteiger partial charge in [-0.2, -0.15) is 9.40 Å². The molecule has 33 heavy (non-hydrogen) atoms. The van der Waals surface area contributed by atoms with E-state index in [-0.39, 0.29) is 10.8 Å². The van der Waals surface area contributed by atoms with Gasteiger partial charge in [-0.15, -0.1) is 0 Å². The number of halogens is 1. The van der Waals surface area contributed by atoms with Crippen LogP contribution in [0.25, 0.3) is 5.69 Å². The number of carbonyl (C=O) groups excluding carboxylic acids is 1. The van der Waals surface area contributed by atoms with Crippen LogP contribution in [0.15, 0.2) is 53.6 Å². The molecule has 174 valence electrons. The van der Waals surface area contributed by atoms with Crippen LogP contribution in [0.4, 0.5) is 5.69 Å². The zero-order valence-electron chi connectivity index (χ0n) is 18.7. The lowest BCUT2D eigenvalue weighted by Gasteiger charge is -2.26. The smallest absolute Gasteiger partial charge is 0.259 e. The normalized spacial score (nSPS) is 14.9. The molecular formula is C24H27ClN4O3S.